The number of nitrogens with two attached hydrogens (primary N) is 1. The monoisotopic (exact) mass is 510 g/mol. The van der Waals surface area contributed by atoms with Gasteiger partial charge in [-0.1, -0.05) is 170 Å². The normalized spacial score (nSPS) is 7.43. The van der Waals surface area contributed by atoms with Gasteiger partial charge in [-0.2, -0.15) is 0 Å². The number of hydrogen-bond acceptors (Lipinski definition) is 2. The molecule has 0 aromatic heterocycles. The van der Waals surface area contributed by atoms with Crippen molar-refractivity contribution in [1.29, 1.82) is 0 Å². The summed E-state index contributed by atoms with van der Waals surface area (Å²) in [7, 11) is 1.95. The van der Waals surface area contributed by atoms with Gasteiger partial charge in [0.15, 0.2) is 0 Å². The Morgan fingerprint density at radius 1 is 0.405 bits per heavy atom. The van der Waals surface area contributed by atoms with E-state index in [1.165, 1.54) is 21.8 Å². The highest BCUT2D eigenvalue weighted by molar-refractivity contribution is 5.94. The third kappa shape index (κ3) is 18.9. The van der Waals surface area contributed by atoms with Gasteiger partial charge in [-0.15, -0.1) is 0 Å². The minimum atomic E-state index is 0.850. The fraction of sp³-hybridized carbons (Fsp3) is 0.429. The molecule has 2 nitrogen and oxygen atoms in total. The van der Waals surface area contributed by atoms with Crippen LogP contribution >= 0.6 is 0 Å². The van der Waals surface area contributed by atoms with Gasteiger partial charge in [-0.3, -0.25) is 0 Å². The van der Waals surface area contributed by atoms with Gasteiger partial charge < -0.3 is 11.1 Å². The van der Waals surface area contributed by atoms with Gasteiger partial charge in [-0.05, 0) is 22.9 Å². The smallest absolute Gasteiger partial charge is 0.0417 e. The number of hydrogen-bond donors (Lipinski definition) is 2. The Morgan fingerprint density at radius 3 is 1.14 bits per heavy atom. The summed E-state index contributed by atoms with van der Waals surface area (Å²) in [4.78, 5) is 0. The molecule has 0 atom stereocenters. The van der Waals surface area contributed by atoms with E-state index in [1.807, 2.05) is 134 Å². The van der Waals surface area contributed by atoms with Crippen LogP contribution in [0.15, 0.2) is 84.9 Å². The van der Waals surface area contributed by atoms with Crippen molar-refractivity contribution in [3.05, 3.63) is 84.9 Å². The van der Waals surface area contributed by atoms with Gasteiger partial charge in [0, 0.05) is 29.2 Å². The average Bonchev–Trinajstić information content (AvgIpc) is 3.04. The minimum absolute atomic E-state index is 0.850. The van der Waals surface area contributed by atoms with Gasteiger partial charge in [0.1, 0.15) is 0 Å². The van der Waals surface area contributed by atoms with Crippen LogP contribution in [0.5, 0.6) is 0 Å². The van der Waals surface area contributed by atoms with Crippen LogP contribution in [0.25, 0.3) is 21.5 Å². The molecule has 0 radical (unpaired) electrons. The minimum Gasteiger partial charge on any atom is -0.398 e. The van der Waals surface area contributed by atoms with Gasteiger partial charge in [-0.25, -0.2) is 0 Å². The number of fused-ring (bicyclic) bond motifs is 2. The highest BCUT2D eigenvalue weighted by Gasteiger charge is 1.95. The second-order valence-electron chi connectivity index (χ2n) is 5.35. The van der Waals surface area contributed by atoms with Crippen molar-refractivity contribution in [1.82, 2.24) is 0 Å². The molecular formula is C35H62N2. The van der Waals surface area contributed by atoms with Gasteiger partial charge in [0.25, 0.3) is 0 Å². The molecule has 0 heterocycles. The lowest BCUT2D eigenvalue weighted by Gasteiger charge is -2.04. The van der Waals surface area contributed by atoms with Crippen molar-refractivity contribution in [3.8, 4) is 0 Å². The van der Waals surface area contributed by atoms with Crippen molar-refractivity contribution < 1.29 is 0 Å². The molecule has 0 saturated heterocycles. The molecule has 0 saturated carbocycles. The molecule has 0 aliphatic carbocycles. The van der Waals surface area contributed by atoms with Crippen LogP contribution in [-0.2, 0) is 0 Å². The zero-order valence-electron chi connectivity index (χ0n) is 27.2. The summed E-state index contributed by atoms with van der Waals surface area (Å²) in [6, 6.07) is 28.7. The summed E-state index contributed by atoms with van der Waals surface area (Å²) in [5.41, 5.74) is 7.79. The lowest BCUT2D eigenvalue weighted by molar-refractivity contribution is 1.50. The van der Waals surface area contributed by atoms with E-state index in [0.717, 1.165) is 11.1 Å². The third-order valence-electron chi connectivity index (χ3n) is 3.88. The summed E-state index contributed by atoms with van der Waals surface area (Å²) < 4.78 is 0. The summed E-state index contributed by atoms with van der Waals surface area (Å²) in [6.07, 6.45) is 0. The van der Waals surface area contributed by atoms with Crippen molar-refractivity contribution >= 4 is 32.9 Å². The summed E-state index contributed by atoms with van der Waals surface area (Å²) >= 11 is 0. The summed E-state index contributed by atoms with van der Waals surface area (Å²) in [6.45, 7) is 28.0. The van der Waals surface area contributed by atoms with Crippen LogP contribution in [0.4, 0.5) is 11.4 Å². The van der Waals surface area contributed by atoms with Crippen molar-refractivity contribution in [2.24, 2.45) is 0 Å². The fourth-order valence-corrected chi connectivity index (χ4v) is 2.69. The largest absolute Gasteiger partial charge is 0.398 e. The SMILES string of the molecule is CC.CC.CC.CC.CC.CC.CC.CNc1cccc2ccccc12.Nc1cccc2ccccc12. The third-order valence-corrected chi connectivity index (χ3v) is 3.88. The standard InChI is InChI=1S/C11H11N.C10H9N.7C2H6/c1-12-11-8-4-6-9-5-2-3-7-10(9)11;11-10-7-3-5-8-4-1-2-6-9(8)10;7*1-2/h2-8,12H,1H3;1-7H,11H2;7*1-2H3. The van der Waals surface area contributed by atoms with E-state index in [9.17, 15) is 0 Å². The number of benzene rings is 4. The maximum Gasteiger partial charge on any atom is 0.0417 e. The lowest BCUT2D eigenvalue weighted by Crippen LogP contribution is -1.88. The predicted octanol–water partition coefficient (Wildman–Crippen LogP) is 12.5. The first-order valence-corrected chi connectivity index (χ1v) is 14.7. The van der Waals surface area contributed by atoms with E-state index in [-0.39, 0.29) is 0 Å². The van der Waals surface area contributed by atoms with Crippen LogP contribution in [-0.4, -0.2) is 7.05 Å². The van der Waals surface area contributed by atoms with E-state index < -0.39 is 0 Å². The second-order valence-corrected chi connectivity index (χ2v) is 5.35. The fourth-order valence-electron chi connectivity index (χ4n) is 2.69. The Morgan fingerprint density at radius 2 is 0.730 bits per heavy atom. The maximum atomic E-state index is 5.76. The Balaban J connectivity index is -0.000000126. The molecule has 0 amide bonds. The number of nitrogen functional groups attached to an aromatic ring is 1. The molecule has 0 aliphatic heterocycles. The zero-order valence-corrected chi connectivity index (χ0v) is 27.2. The van der Waals surface area contributed by atoms with Crippen molar-refractivity contribution in [2.45, 2.75) is 96.9 Å². The second kappa shape index (κ2) is 37.5. The Labute approximate surface area is 232 Å². The molecule has 4 aromatic carbocycles. The Kier molecular flexibility index (Phi) is 44.7. The van der Waals surface area contributed by atoms with Crippen LogP contribution in [0, 0.1) is 0 Å². The zero-order chi connectivity index (χ0) is 30.1. The van der Waals surface area contributed by atoms with Crippen LogP contribution in [0.3, 0.4) is 0 Å². The number of rotatable bonds is 1. The Bertz CT molecular complexity index is 920. The first-order chi connectivity index (χ1) is 18.3. The molecule has 37 heavy (non-hydrogen) atoms. The molecule has 0 unspecified atom stereocenters. The van der Waals surface area contributed by atoms with Crippen molar-refractivity contribution in [3.63, 3.8) is 0 Å². The van der Waals surface area contributed by atoms with Crippen LogP contribution in [0.2, 0.25) is 0 Å². The van der Waals surface area contributed by atoms with Crippen molar-refractivity contribution in [2.75, 3.05) is 18.1 Å². The molecule has 0 fully saturated rings. The highest BCUT2D eigenvalue weighted by atomic mass is 14.8. The molecule has 3 N–H and O–H groups in total. The number of nitrogens with one attached hydrogen (secondary N) is 1. The predicted molar refractivity (Wildman–Crippen MR) is 181 cm³/mol. The molecule has 2 heteroatoms. The van der Waals surface area contributed by atoms with E-state index >= 15 is 0 Å². The molecule has 0 bridgehead atoms. The molecule has 0 aliphatic rings. The van der Waals surface area contributed by atoms with Gasteiger partial charge in [0.05, 0.1) is 0 Å². The molecule has 4 aromatic rings. The summed E-state index contributed by atoms with van der Waals surface area (Å²) in [5, 5.41) is 8.07. The Hall–Kier alpha value is -3.00. The molecule has 0 spiro atoms. The van der Waals surface area contributed by atoms with E-state index in [1.54, 1.807) is 0 Å². The van der Waals surface area contributed by atoms with Crippen LogP contribution < -0.4 is 11.1 Å². The molecule has 212 valence electrons. The van der Waals surface area contributed by atoms with E-state index in [4.69, 9.17) is 5.73 Å². The topological polar surface area (TPSA) is 38.0 Å². The first-order valence-electron chi connectivity index (χ1n) is 14.7. The first kappa shape index (κ1) is 44.0. The highest BCUT2D eigenvalue weighted by Crippen LogP contribution is 2.22. The summed E-state index contributed by atoms with van der Waals surface area (Å²) in [5.74, 6) is 0. The quantitative estimate of drug-likeness (QED) is 0.250. The molecule has 4 rings (SSSR count). The lowest BCUT2D eigenvalue weighted by atomic mass is 10.1. The van der Waals surface area contributed by atoms with Gasteiger partial charge >= 0.3 is 0 Å². The van der Waals surface area contributed by atoms with E-state index in [2.05, 4.69) is 59.9 Å². The van der Waals surface area contributed by atoms with E-state index in [0.29, 0.717) is 0 Å². The van der Waals surface area contributed by atoms with Gasteiger partial charge in [0.2, 0.25) is 0 Å². The number of anilines is 2. The maximum absolute atomic E-state index is 5.76. The van der Waals surface area contributed by atoms with Crippen LogP contribution in [0.1, 0.15) is 96.9 Å². The average molecular weight is 511 g/mol. The molecular weight excluding hydrogens is 448 g/mol.